The molecule has 0 bridgehead atoms. The van der Waals surface area contributed by atoms with Gasteiger partial charge in [-0.25, -0.2) is 0 Å². The fourth-order valence-electron chi connectivity index (χ4n) is 2.17. The average Bonchev–Trinajstić information content (AvgIpc) is 2.61. The number of rotatable bonds is 8. The summed E-state index contributed by atoms with van der Waals surface area (Å²) in [6.45, 7) is 6.03. The molecule has 0 saturated carbocycles. The fraction of sp³-hybridized carbons (Fsp3) is 0.350. The minimum Gasteiger partial charge on any atom is -0.497 e. The number of hydrogen-bond donors (Lipinski definition) is 1. The van der Waals surface area contributed by atoms with Crippen LogP contribution in [-0.4, -0.2) is 31.8 Å². The van der Waals surface area contributed by atoms with E-state index in [-0.39, 0.29) is 11.9 Å². The zero-order valence-electron chi connectivity index (χ0n) is 15.1. The van der Waals surface area contributed by atoms with E-state index in [1.165, 1.54) is 5.56 Å². The molecule has 2 aromatic carbocycles. The Hall–Kier alpha value is -2.69. The molecule has 2 rings (SSSR count). The van der Waals surface area contributed by atoms with Crippen molar-refractivity contribution >= 4 is 5.91 Å². The van der Waals surface area contributed by atoms with Gasteiger partial charge in [-0.15, -0.1) is 0 Å². The molecule has 0 saturated heterocycles. The first kappa shape index (κ1) is 18.6. The van der Waals surface area contributed by atoms with Crippen molar-refractivity contribution in [3.05, 3.63) is 54.1 Å². The molecule has 0 aliphatic carbocycles. The Morgan fingerprint density at radius 3 is 2.12 bits per heavy atom. The molecule has 0 radical (unpaired) electrons. The minimum absolute atomic E-state index is 0.129. The van der Waals surface area contributed by atoms with E-state index in [4.69, 9.17) is 14.2 Å². The Kier molecular flexibility index (Phi) is 6.69. The van der Waals surface area contributed by atoms with E-state index in [9.17, 15) is 4.79 Å². The van der Waals surface area contributed by atoms with Gasteiger partial charge in [-0.05, 0) is 57.2 Å². The molecule has 1 N–H and O–H groups in total. The smallest absolute Gasteiger partial charge is 0.261 e. The van der Waals surface area contributed by atoms with Crippen LogP contribution in [0.3, 0.4) is 0 Å². The summed E-state index contributed by atoms with van der Waals surface area (Å²) >= 11 is 0. The monoisotopic (exact) mass is 343 g/mol. The molecule has 0 fully saturated rings. The highest BCUT2D eigenvalue weighted by molar-refractivity contribution is 5.81. The summed E-state index contributed by atoms with van der Waals surface area (Å²) in [5, 5.41) is 2.89. The van der Waals surface area contributed by atoms with Crippen LogP contribution in [0.1, 0.15) is 19.4 Å². The zero-order chi connectivity index (χ0) is 18.2. The third-order valence-corrected chi connectivity index (χ3v) is 3.65. The molecular formula is C20H25NO4. The Bertz CT molecular complexity index is 667. The van der Waals surface area contributed by atoms with Crippen LogP contribution in [0.4, 0.5) is 0 Å². The SMILES string of the molecule is COc1ccc(OC(C)C(=O)NC(C)COc2ccc(C)cc2)cc1. The molecule has 134 valence electrons. The molecule has 0 aliphatic heterocycles. The number of benzene rings is 2. The van der Waals surface area contributed by atoms with Crippen molar-refractivity contribution in [1.82, 2.24) is 5.32 Å². The summed E-state index contributed by atoms with van der Waals surface area (Å²) in [6.07, 6.45) is -0.602. The quantitative estimate of drug-likeness (QED) is 0.798. The Morgan fingerprint density at radius 1 is 0.960 bits per heavy atom. The van der Waals surface area contributed by atoms with Crippen molar-refractivity contribution in [2.24, 2.45) is 0 Å². The molecule has 2 atom stereocenters. The van der Waals surface area contributed by atoms with Gasteiger partial charge in [0, 0.05) is 0 Å². The maximum Gasteiger partial charge on any atom is 0.261 e. The molecule has 0 heterocycles. The lowest BCUT2D eigenvalue weighted by molar-refractivity contribution is -0.128. The van der Waals surface area contributed by atoms with Crippen LogP contribution in [0.15, 0.2) is 48.5 Å². The van der Waals surface area contributed by atoms with E-state index in [0.717, 1.165) is 11.5 Å². The first-order chi connectivity index (χ1) is 12.0. The summed E-state index contributed by atoms with van der Waals surface area (Å²) in [4.78, 5) is 12.2. The number of carbonyl (C=O) groups is 1. The maximum absolute atomic E-state index is 12.2. The van der Waals surface area contributed by atoms with Crippen molar-refractivity contribution in [2.45, 2.75) is 32.9 Å². The highest BCUT2D eigenvalue weighted by atomic mass is 16.5. The normalized spacial score (nSPS) is 12.8. The molecule has 5 heteroatoms. The van der Waals surface area contributed by atoms with Gasteiger partial charge >= 0.3 is 0 Å². The van der Waals surface area contributed by atoms with Gasteiger partial charge in [0.15, 0.2) is 6.10 Å². The predicted molar refractivity (Wildman–Crippen MR) is 97.4 cm³/mol. The number of amides is 1. The number of ether oxygens (including phenoxy) is 3. The fourth-order valence-corrected chi connectivity index (χ4v) is 2.17. The van der Waals surface area contributed by atoms with Gasteiger partial charge < -0.3 is 19.5 Å². The second-order valence-corrected chi connectivity index (χ2v) is 5.97. The molecule has 2 unspecified atom stereocenters. The summed E-state index contributed by atoms with van der Waals surface area (Å²) in [6, 6.07) is 14.8. The van der Waals surface area contributed by atoms with Crippen molar-refractivity contribution in [1.29, 1.82) is 0 Å². The largest absolute Gasteiger partial charge is 0.497 e. The van der Waals surface area contributed by atoms with Crippen LogP contribution in [-0.2, 0) is 4.79 Å². The molecule has 2 aromatic rings. The third-order valence-electron chi connectivity index (χ3n) is 3.65. The number of nitrogens with one attached hydrogen (secondary N) is 1. The molecule has 0 aromatic heterocycles. The van der Waals surface area contributed by atoms with Crippen LogP contribution in [0.25, 0.3) is 0 Å². The first-order valence-electron chi connectivity index (χ1n) is 8.28. The highest BCUT2D eigenvalue weighted by Gasteiger charge is 2.17. The van der Waals surface area contributed by atoms with Gasteiger partial charge in [0.05, 0.1) is 13.2 Å². The van der Waals surface area contributed by atoms with Crippen LogP contribution in [0.5, 0.6) is 17.2 Å². The van der Waals surface area contributed by atoms with Crippen molar-refractivity contribution in [3.63, 3.8) is 0 Å². The number of carbonyl (C=O) groups excluding carboxylic acids is 1. The van der Waals surface area contributed by atoms with E-state index in [0.29, 0.717) is 12.4 Å². The molecular weight excluding hydrogens is 318 g/mol. The Morgan fingerprint density at radius 2 is 1.52 bits per heavy atom. The zero-order valence-corrected chi connectivity index (χ0v) is 15.1. The number of methoxy groups -OCH3 is 1. The summed E-state index contributed by atoms with van der Waals surface area (Å²) in [5.74, 6) is 1.96. The van der Waals surface area contributed by atoms with Gasteiger partial charge in [0.25, 0.3) is 5.91 Å². The van der Waals surface area contributed by atoms with Crippen molar-refractivity contribution in [3.8, 4) is 17.2 Å². The number of aryl methyl sites for hydroxylation is 1. The van der Waals surface area contributed by atoms with E-state index in [1.54, 1.807) is 38.3 Å². The average molecular weight is 343 g/mol. The molecule has 0 spiro atoms. The standard InChI is InChI=1S/C20H25NO4/c1-14-5-7-18(8-6-14)24-13-15(2)21-20(22)16(3)25-19-11-9-17(23-4)10-12-19/h5-12,15-16H,13H2,1-4H3,(H,21,22). The second-order valence-electron chi connectivity index (χ2n) is 5.97. The lowest BCUT2D eigenvalue weighted by atomic mass is 10.2. The van der Waals surface area contributed by atoms with Gasteiger partial charge in [0.2, 0.25) is 0 Å². The topological polar surface area (TPSA) is 56.8 Å². The summed E-state index contributed by atoms with van der Waals surface area (Å²) in [7, 11) is 1.60. The van der Waals surface area contributed by atoms with Gasteiger partial charge in [-0.1, -0.05) is 17.7 Å². The Labute approximate surface area is 148 Å². The lowest BCUT2D eigenvalue weighted by Crippen LogP contribution is -2.43. The minimum atomic E-state index is -0.602. The third kappa shape index (κ3) is 6.03. The summed E-state index contributed by atoms with van der Waals surface area (Å²) < 4.78 is 16.4. The van der Waals surface area contributed by atoms with Gasteiger partial charge in [-0.2, -0.15) is 0 Å². The van der Waals surface area contributed by atoms with Crippen LogP contribution in [0, 0.1) is 6.92 Å². The molecule has 1 amide bonds. The van der Waals surface area contributed by atoms with E-state index in [1.807, 2.05) is 38.1 Å². The Balaban J connectivity index is 1.77. The van der Waals surface area contributed by atoms with Crippen LogP contribution < -0.4 is 19.5 Å². The maximum atomic E-state index is 12.2. The van der Waals surface area contributed by atoms with E-state index < -0.39 is 6.10 Å². The predicted octanol–water partition coefficient (Wildman–Crippen LogP) is 3.35. The number of hydrogen-bond acceptors (Lipinski definition) is 4. The molecule has 25 heavy (non-hydrogen) atoms. The molecule has 0 aliphatic rings. The van der Waals surface area contributed by atoms with E-state index in [2.05, 4.69) is 5.32 Å². The van der Waals surface area contributed by atoms with Gasteiger partial charge in [-0.3, -0.25) is 4.79 Å². The van der Waals surface area contributed by atoms with Crippen molar-refractivity contribution in [2.75, 3.05) is 13.7 Å². The summed E-state index contributed by atoms with van der Waals surface area (Å²) in [5.41, 5.74) is 1.18. The van der Waals surface area contributed by atoms with Crippen LogP contribution in [0.2, 0.25) is 0 Å². The van der Waals surface area contributed by atoms with Gasteiger partial charge in [0.1, 0.15) is 23.9 Å². The van der Waals surface area contributed by atoms with Crippen LogP contribution >= 0.6 is 0 Å². The molecule has 5 nitrogen and oxygen atoms in total. The second kappa shape index (κ2) is 8.97. The highest BCUT2D eigenvalue weighted by Crippen LogP contribution is 2.18. The van der Waals surface area contributed by atoms with Crippen molar-refractivity contribution < 1.29 is 19.0 Å². The first-order valence-corrected chi connectivity index (χ1v) is 8.28. The lowest BCUT2D eigenvalue weighted by Gasteiger charge is -2.19. The van der Waals surface area contributed by atoms with E-state index >= 15 is 0 Å².